The molecule has 5 heteroatoms. The van der Waals surface area contributed by atoms with E-state index < -0.39 is 0 Å². The molecular formula is C16H24N2O3. The molecule has 0 atom stereocenters. The molecule has 0 saturated heterocycles. The Bertz CT molecular complexity index is 428. The summed E-state index contributed by atoms with van der Waals surface area (Å²) in [5, 5.41) is 2.84. The van der Waals surface area contributed by atoms with Crippen molar-refractivity contribution in [3.05, 3.63) is 24.3 Å². The van der Waals surface area contributed by atoms with Crippen molar-refractivity contribution in [1.29, 1.82) is 0 Å². The lowest BCUT2D eigenvalue weighted by Gasteiger charge is -2.11. The zero-order valence-electron chi connectivity index (χ0n) is 12.3. The number of nitrogens with two attached hydrogens (primary N) is 1. The summed E-state index contributed by atoms with van der Waals surface area (Å²) in [6.07, 6.45) is 5.58. The first-order valence-electron chi connectivity index (χ1n) is 7.60. The molecule has 0 unspecified atom stereocenters. The van der Waals surface area contributed by atoms with Gasteiger partial charge in [0.25, 0.3) is 0 Å². The van der Waals surface area contributed by atoms with Gasteiger partial charge in [-0.25, -0.2) is 0 Å². The number of anilines is 1. The van der Waals surface area contributed by atoms with Crippen LogP contribution in [0.4, 0.5) is 5.69 Å². The molecule has 0 aromatic heterocycles. The molecule has 0 spiro atoms. The lowest BCUT2D eigenvalue weighted by Crippen LogP contribution is -2.29. The van der Waals surface area contributed by atoms with Gasteiger partial charge >= 0.3 is 0 Å². The van der Waals surface area contributed by atoms with Crippen LogP contribution in [0.2, 0.25) is 0 Å². The minimum absolute atomic E-state index is 0.0135. The Labute approximate surface area is 125 Å². The van der Waals surface area contributed by atoms with Gasteiger partial charge in [-0.1, -0.05) is 12.8 Å². The summed E-state index contributed by atoms with van der Waals surface area (Å²) in [6, 6.07) is 7.14. The van der Waals surface area contributed by atoms with Crippen molar-refractivity contribution in [3.8, 4) is 5.75 Å². The summed E-state index contributed by atoms with van der Waals surface area (Å²) in [7, 11) is 0. The largest absolute Gasteiger partial charge is 0.493 e. The van der Waals surface area contributed by atoms with Gasteiger partial charge in [0.1, 0.15) is 5.75 Å². The van der Waals surface area contributed by atoms with Crippen LogP contribution >= 0.6 is 0 Å². The maximum Gasteiger partial charge on any atom is 0.223 e. The lowest BCUT2D eigenvalue weighted by molar-refractivity contribution is -0.121. The smallest absolute Gasteiger partial charge is 0.223 e. The van der Waals surface area contributed by atoms with E-state index in [9.17, 15) is 4.79 Å². The first kappa shape index (κ1) is 15.6. The highest BCUT2D eigenvalue weighted by Gasteiger charge is 2.14. The highest BCUT2D eigenvalue weighted by atomic mass is 16.5. The number of hydrogen-bond acceptors (Lipinski definition) is 4. The van der Waals surface area contributed by atoms with E-state index in [4.69, 9.17) is 15.2 Å². The highest BCUT2D eigenvalue weighted by molar-refractivity contribution is 5.75. The molecule has 0 heterocycles. The number of carbonyl (C=O) groups excluding carboxylic acids is 1. The van der Waals surface area contributed by atoms with Crippen LogP contribution in [0.25, 0.3) is 0 Å². The summed E-state index contributed by atoms with van der Waals surface area (Å²) in [5.74, 6) is 0.710. The maximum atomic E-state index is 11.6. The zero-order valence-corrected chi connectivity index (χ0v) is 12.3. The number of amides is 1. The predicted octanol–water partition coefficient (Wildman–Crippen LogP) is 2.11. The molecule has 1 fully saturated rings. The Balaban J connectivity index is 1.50. The third-order valence-electron chi connectivity index (χ3n) is 3.56. The second kappa shape index (κ2) is 8.52. The maximum absolute atomic E-state index is 11.6. The van der Waals surface area contributed by atoms with Crippen molar-refractivity contribution in [2.75, 3.05) is 25.5 Å². The Morgan fingerprint density at radius 1 is 1.19 bits per heavy atom. The van der Waals surface area contributed by atoms with Crippen molar-refractivity contribution in [2.24, 2.45) is 0 Å². The second-order valence-corrected chi connectivity index (χ2v) is 5.29. The van der Waals surface area contributed by atoms with Crippen molar-refractivity contribution >= 4 is 11.6 Å². The molecule has 2 rings (SSSR count). The van der Waals surface area contributed by atoms with Crippen LogP contribution in [0.5, 0.6) is 5.75 Å². The van der Waals surface area contributed by atoms with Gasteiger partial charge in [0, 0.05) is 12.2 Å². The molecule has 0 radical (unpaired) electrons. The van der Waals surface area contributed by atoms with Gasteiger partial charge in [-0.15, -0.1) is 0 Å². The Morgan fingerprint density at radius 2 is 1.90 bits per heavy atom. The Kier molecular flexibility index (Phi) is 6.34. The standard InChI is InChI=1S/C16H24N2O3/c17-13-5-7-15(8-6-13)20-11-9-16(19)18-10-12-21-14-3-1-2-4-14/h5-8,14H,1-4,9-12,17H2,(H,18,19). The number of rotatable bonds is 8. The molecule has 0 aliphatic heterocycles. The zero-order chi connectivity index (χ0) is 14.9. The minimum atomic E-state index is -0.0135. The lowest BCUT2D eigenvalue weighted by atomic mass is 10.3. The fraction of sp³-hybridized carbons (Fsp3) is 0.562. The van der Waals surface area contributed by atoms with E-state index in [1.807, 2.05) is 0 Å². The number of carbonyl (C=O) groups is 1. The van der Waals surface area contributed by atoms with Crippen LogP contribution in [-0.4, -0.2) is 31.8 Å². The Morgan fingerprint density at radius 3 is 2.62 bits per heavy atom. The molecule has 1 aliphatic rings. The molecule has 1 aromatic rings. The summed E-state index contributed by atoms with van der Waals surface area (Å²) < 4.78 is 11.2. The van der Waals surface area contributed by atoms with Crippen molar-refractivity contribution < 1.29 is 14.3 Å². The number of nitrogens with one attached hydrogen (secondary N) is 1. The first-order valence-corrected chi connectivity index (χ1v) is 7.60. The molecule has 1 saturated carbocycles. The Hall–Kier alpha value is -1.75. The fourth-order valence-electron chi connectivity index (χ4n) is 2.39. The van der Waals surface area contributed by atoms with Gasteiger partial charge in [-0.3, -0.25) is 4.79 Å². The van der Waals surface area contributed by atoms with E-state index in [0.717, 1.165) is 18.6 Å². The van der Waals surface area contributed by atoms with Gasteiger partial charge in [-0.2, -0.15) is 0 Å². The number of benzene rings is 1. The van der Waals surface area contributed by atoms with Crippen LogP contribution < -0.4 is 15.8 Å². The van der Waals surface area contributed by atoms with Gasteiger partial charge in [0.05, 0.1) is 25.7 Å². The van der Waals surface area contributed by atoms with E-state index in [0.29, 0.717) is 38.0 Å². The SMILES string of the molecule is Nc1ccc(OCCC(=O)NCCOC2CCCC2)cc1. The first-order chi connectivity index (χ1) is 10.2. The summed E-state index contributed by atoms with van der Waals surface area (Å²) >= 11 is 0. The topological polar surface area (TPSA) is 73.6 Å². The van der Waals surface area contributed by atoms with E-state index >= 15 is 0 Å². The molecule has 1 aromatic carbocycles. The number of nitrogen functional groups attached to an aromatic ring is 1. The van der Waals surface area contributed by atoms with Crippen molar-refractivity contribution in [2.45, 2.75) is 38.2 Å². The van der Waals surface area contributed by atoms with E-state index in [1.165, 1.54) is 12.8 Å². The summed E-state index contributed by atoms with van der Waals surface area (Å²) in [6.45, 7) is 1.52. The van der Waals surface area contributed by atoms with Crippen LogP contribution in [0.15, 0.2) is 24.3 Å². The summed E-state index contributed by atoms with van der Waals surface area (Å²) in [4.78, 5) is 11.6. The van der Waals surface area contributed by atoms with Crippen LogP contribution in [0, 0.1) is 0 Å². The summed E-state index contributed by atoms with van der Waals surface area (Å²) in [5.41, 5.74) is 6.28. The third-order valence-corrected chi connectivity index (χ3v) is 3.56. The van der Waals surface area contributed by atoms with Crippen LogP contribution in [0.1, 0.15) is 32.1 Å². The van der Waals surface area contributed by atoms with E-state index in [2.05, 4.69) is 5.32 Å². The monoisotopic (exact) mass is 292 g/mol. The van der Waals surface area contributed by atoms with Crippen molar-refractivity contribution in [1.82, 2.24) is 5.32 Å². The average Bonchev–Trinajstić information content (AvgIpc) is 2.99. The van der Waals surface area contributed by atoms with Crippen LogP contribution in [-0.2, 0) is 9.53 Å². The number of hydrogen-bond donors (Lipinski definition) is 2. The quantitative estimate of drug-likeness (QED) is 0.568. The van der Waals surface area contributed by atoms with Gasteiger partial charge in [0.2, 0.25) is 5.91 Å². The molecule has 21 heavy (non-hydrogen) atoms. The molecule has 0 bridgehead atoms. The van der Waals surface area contributed by atoms with Crippen molar-refractivity contribution in [3.63, 3.8) is 0 Å². The van der Waals surface area contributed by atoms with Crippen LogP contribution in [0.3, 0.4) is 0 Å². The third kappa shape index (κ3) is 6.04. The molecule has 1 amide bonds. The second-order valence-electron chi connectivity index (χ2n) is 5.29. The normalized spacial score (nSPS) is 15.0. The molecule has 1 aliphatic carbocycles. The fourth-order valence-corrected chi connectivity index (χ4v) is 2.39. The molecular weight excluding hydrogens is 268 g/mol. The minimum Gasteiger partial charge on any atom is -0.493 e. The average molecular weight is 292 g/mol. The van der Waals surface area contributed by atoms with E-state index in [1.54, 1.807) is 24.3 Å². The van der Waals surface area contributed by atoms with Gasteiger partial charge < -0.3 is 20.5 Å². The highest BCUT2D eigenvalue weighted by Crippen LogP contribution is 2.20. The van der Waals surface area contributed by atoms with Gasteiger partial charge in [-0.05, 0) is 37.1 Å². The predicted molar refractivity (Wildman–Crippen MR) is 82.2 cm³/mol. The van der Waals surface area contributed by atoms with E-state index in [-0.39, 0.29) is 5.91 Å². The molecule has 5 nitrogen and oxygen atoms in total. The molecule has 116 valence electrons. The molecule has 3 N–H and O–H groups in total. The number of ether oxygens (including phenoxy) is 2. The van der Waals surface area contributed by atoms with Gasteiger partial charge in [0.15, 0.2) is 0 Å².